The highest BCUT2D eigenvalue weighted by Crippen LogP contribution is 2.22. The smallest absolute Gasteiger partial charge is 0.129 e. The lowest BCUT2D eigenvalue weighted by Gasteiger charge is -2.10. The second-order valence-electron chi connectivity index (χ2n) is 4.36. The Balaban J connectivity index is 2.66. The van der Waals surface area contributed by atoms with Crippen LogP contribution in [0.2, 0.25) is 0 Å². The number of hydrogen-bond donors (Lipinski definition) is 1. The maximum Gasteiger partial charge on any atom is 0.129 e. The number of aryl methyl sites for hydroxylation is 1. The number of nitrogens with zero attached hydrogens (tertiary/aromatic N) is 2. The molecule has 0 bridgehead atoms. The summed E-state index contributed by atoms with van der Waals surface area (Å²) in [5.74, 6) is -0.277. The van der Waals surface area contributed by atoms with Gasteiger partial charge in [0.1, 0.15) is 5.82 Å². The van der Waals surface area contributed by atoms with Crippen LogP contribution in [-0.2, 0) is 13.0 Å². The van der Waals surface area contributed by atoms with Gasteiger partial charge in [-0.05, 0) is 38.0 Å². The van der Waals surface area contributed by atoms with Crippen molar-refractivity contribution >= 4 is 0 Å². The number of benzene rings is 1. The number of hydrogen-bond acceptors (Lipinski definition) is 2. The molecule has 0 fully saturated rings. The van der Waals surface area contributed by atoms with Crippen LogP contribution in [0.25, 0.3) is 5.69 Å². The molecule has 1 aromatic heterocycles. The molecule has 0 saturated carbocycles. The lowest BCUT2D eigenvalue weighted by molar-refractivity contribution is 0.606. The van der Waals surface area contributed by atoms with Gasteiger partial charge in [-0.2, -0.15) is 5.10 Å². The average molecular weight is 247 g/mol. The second kappa shape index (κ2) is 4.90. The Kier molecular flexibility index (Phi) is 3.48. The Morgan fingerprint density at radius 2 is 2.00 bits per heavy atom. The molecule has 0 aliphatic carbocycles. The van der Waals surface area contributed by atoms with Crippen molar-refractivity contribution in [2.24, 2.45) is 5.73 Å². The highest BCUT2D eigenvalue weighted by Gasteiger charge is 2.15. The van der Waals surface area contributed by atoms with Gasteiger partial charge in [-0.25, -0.2) is 9.07 Å². The standard InChI is InChI=1S/C14H18FN3/c1-4-11-9(2)17-18(10(11)3)14-7-5-6-13(15)12(14)8-16/h5-7H,4,8,16H2,1-3H3. The summed E-state index contributed by atoms with van der Waals surface area (Å²) in [5, 5.41) is 4.50. The summed E-state index contributed by atoms with van der Waals surface area (Å²) in [4.78, 5) is 0. The molecule has 3 nitrogen and oxygen atoms in total. The molecule has 1 heterocycles. The molecule has 0 spiro atoms. The Hall–Kier alpha value is -1.68. The number of halogens is 1. The molecule has 0 atom stereocenters. The van der Waals surface area contributed by atoms with E-state index in [-0.39, 0.29) is 12.4 Å². The van der Waals surface area contributed by atoms with E-state index in [1.165, 1.54) is 11.6 Å². The summed E-state index contributed by atoms with van der Waals surface area (Å²) in [6, 6.07) is 4.97. The molecule has 0 saturated heterocycles. The van der Waals surface area contributed by atoms with Gasteiger partial charge in [0.05, 0.1) is 11.4 Å². The van der Waals surface area contributed by atoms with Crippen LogP contribution in [-0.4, -0.2) is 9.78 Å². The molecule has 1 aromatic carbocycles. The fourth-order valence-electron chi connectivity index (χ4n) is 2.37. The monoisotopic (exact) mass is 247 g/mol. The predicted octanol–water partition coefficient (Wildman–Crippen LogP) is 2.65. The van der Waals surface area contributed by atoms with Gasteiger partial charge in [0, 0.05) is 17.8 Å². The Bertz CT molecular complexity index is 573. The van der Waals surface area contributed by atoms with Crippen molar-refractivity contribution in [1.82, 2.24) is 9.78 Å². The Morgan fingerprint density at radius 1 is 1.28 bits per heavy atom. The van der Waals surface area contributed by atoms with Gasteiger partial charge in [-0.3, -0.25) is 0 Å². The van der Waals surface area contributed by atoms with Crippen LogP contribution in [0, 0.1) is 19.7 Å². The Labute approximate surface area is 106 Å². The van der Waals surface area contributed by atoms with Crippen molar-refractivity contribution in [2.45, 2.75) is 33.7 Å². The van der Waals surface area contributed by atoms with Crippen molar-refractivity contribution in [2.75, 3.05) is 0 Å². The Morgan fingerprint density at radius 3 is 2.56 bits per heavy atom. The largest absolute Gasteiger partial charge is 0.326 e. The van der Waals surface area contributed by atoms with Crippen molar-refractivity contribution in [3.05, 3.63) is 46.5 Å². The summed E-state index contributed by atoms with van der Waals surface area (Å²) in [5.41, 5.74) is 10.1. The summed E-state index contributed by atoms with van der Waals surface area (Å²) in [7, 11) is 0. The number of nitrogens with two attached hydrogens (primary N) is 1. The molecule has 0 aliphatic rings. The van der Waals surface area contributed by atoms with Gasteiger partial charge in [0.25, 0.3) is 0 Å². The van der Waals surface area contributed by atoms with Crippen molar-refractivity contribution < 1.29 is 4.39 Å². The molecule has 96 valence electrons. The molecular weight excluding hydrogens is 229 g/mol. The molecule has 2 rings (SSSR count). The van der Waals surface area contributed by atoms with Crippen LogP contribution in [0.3, 0.4) is 0 Å². The van der Waals surface area contributed by atoms with Crippen LogP contribution in [0.1, 0.15) is 29.4 Å². The van der Waals surface area contributed by atoms with E-state index in [1.54, 1.807) is 10.7 Å². The molecular formula is C14H18FN3. The summed E-state index contributed by atoms with van der Waals surface area (Å²) in [6.45, 7) is 6.24. The molecule has 0 aliphatic heterocycles. The van der Waals surface area contributed by atoms with Gasteiger partial charge < -0.3 is 5.73 Å². The van der Waals surface area contributed by atoms with E-state index < -0.39 is 0 Å². The summed E-state index contributed by atoms with van der Waals surface area (Å²) >= 11 is 0. The van der Waals surface area contributed by atoms with Crippen molar-refractivity contribution in [3.63, 3.8) is 0 Å². The first-order valence-corrected chi connectivity index (χ1v) is 6.13. The maximum atomic E-state index is 13.7. The summed E-state index contributed by atoms with van der Waals surface area (Å²) in [6.07, 6.45) is 0.922. The lowest BCUT2D eigenvalue weighted by Crippen LogP contribution is -2.09. The lowest BCUT2D eigenvalue weighted by atomic mass is 10.1. The van der Waals surface area contributed by atoms with Gasteiger partial charge in [0.15, 0.2) is 0 Å². The zero-order valence-corrected chi connectivity index (χ0v) is 11.0. The molecule has 4 heteroatoms. The maximum absolute atomic E-state index is 13.7. The fourth-order valence-corrected chi connectivity index (χ4v) is 2.37. The van der Waals surface area contributed by atoms with Crippen LogP contribution in [0.15, 0.2) is 18.2 Å². The normalized spacial score (nSPS) is 10.9. The minimum Gasteiger partial charge on any atom is -0.326 e. The summed E-state index contributed by atoms with van der Waals surface area (Å²) < 4.78 is 15.5. The van der Waals surface area contributed by atoms with E-state index in [9.17, 15) is 4.39 Å². The molecule has 2 aromatic rings. The SMILES string of the molecule is CCc1c(C)nn(-c2cccc(F)c2CN)c1C. The zero-order valence-electron chi connectivity index (χ0n) is 11.0. The van der Waals surface area contributed by atoms with Gasteiger partial charge in [-0.15, -0.1) is 0 Å². The minimum absolute atomic E-state index is 0.168. The van der Waals surface area contributed by atoms with Gasteiger partial charge in [-0.1, -0.05) is 13.0 Å². The highest BCUT2D eigenvalue weighted by molar-refractivity contribution is 5.44. The molecule has 0 amide bonds. The van der Waals surface area contributed by atoms with Crippen molar-refractivity contribution in [1.29, 1.82) is 0 Å². The van der Waals surface area contributed by atoms with Crippen LogP contribution in [0.5, 0.6) is 0 Å². The van der Waals surface area contributed by atoms with E-state index in [2.05, 4.69) is 12.0 Å². The molecule has 0 radical (unpaired) electrons. The first-order chi connectivity index (χ1) is 8.60. The number of aromatic nitrogens is 2. The van der Waals surface area contributed by atoms with Gasteiger partial charge in [0.2, 0.25) is 0 Å². The third kappa shape index (κ3) is 1.93. The third-order valence-electron chi connectivity index (χ3n) is 3.32. The number of rotatable bonds is 3. The van der Waals surface area contributed by atoms with E-state index in [0.717, 1.165) is 23.5 Å². The second-order valence-corrected chi connectivity index (χ2v) is 4.36. The first-order valence-electron chi connectivity index (χ1n) is 6.13. The topological polar surface area (TPSA) is 43.8 Å². The van der Waals surface area contributed by atoms with E-state index in [4.69, 9.17) is 5.73 Å². The predicted molar refractivity (Wildman–Crippen MR) is 70.3 cm³/mol. The van der Waals surface area contributed by atoms with E-state index in [0.29, 0.717) is 5.56 Å². The molecule has 18 heavy (non-hydrogen) atoms. The average Bonchev–Trinajstić information content (AvgIpc) is 2.64. The van der Waals surface area contributed by atoms with E-state index >= 15 is 0 Å². The van der Waals surface area contributed by atoms with Crippen molar-refractivity contribution in [3.8, 4) is 5.69 Å². The minimum atomic E-state index is -0.277. The van der Waals surface area contributed by atoms with E-state index in [1.807, 2.05) is 19.9 Å². The van der Waals surface area contributed by atoms with Crippen LogP contribution < -0.4 is 5.73 Å². The molecule has 2 N–H and O–H groups in total. The fraction of sp³-hybridized carbons (Fsp3) is 0.357. The zero-order chi connectivity index (χ0) is 13.3. The van der Waals surface area contributed by atoms with Crippen LogP contribution in [0.4, 0.5) is 4.39 Å². The molecule has 0 unspecified atom stereocenters. The quantitative estimate of drug-likeness (QED) is 0.906. The van der Waals surface area contributed by atoms with Gasteiger partial charge >= 0.3 is 0 Å². The third-order valence-corrected chi connectivity index (χ3v) is 3.32. The highest BCUT2D eigenvalue weighted by atomic mass is 19.1. The van der Waals surface area contributed by atoms with Crippen LogP contribution >= 0.6 is 0 Å². The first kappa shape index (κ1) is 12.8.